The van der Waals surface area contributed by atoms with Crippen LogP contribution in [0.4, 0.5) is 0 Å². The number of ether oxygens (including phenoxy) is 2. The summed E-state index contributed by atoms with van der Waals surface area (Å²) >= 11 is 0. The molecule has 0 aliphatic carbocycles. The highest BCUT2D eigenvalue weighted by molar-refractivity contribution is 5.79. The summed E-state index contributed by atoms with van der Waals surface area (Å²) in [5.74, 6) is 0.389. The van der Waals surface area contributed by atoms with E-state index in [9.17, 15) is 50.7 Å². The number of hydrogen-bond acceptors (Lipinski definition) is 15. The van der Waals surface area contributed by atoms with E-state index in [1.165, 1.54) is 353 Å². The minimum absolute atomic E-state index is 0.111. The van der Waals surface area contributed by atoms with E-state index in [0.29, 0.717) is 103 Å². The maximum atomic E-state index is 14.1. The van der Waals surface area contributed by atoms with Crippen LogP contribution in [0.2, 0.25) is 0 Å². The number of amidine groups is 1. The molecule has 18 heteroatoms. The predicted octanol–water partition coefficient (Wildman–Crippen LogP) is 31.6. The Bertz CT molecular complexity index is 2560. The Hall–Kier alpha value is -2.68. The van der Waals surface area contributed by atoms with Crippen LogP contribution < -0.4 is 0 Å². The second kappa shape index (κ2) is 99.9. The number of unbranched alkanes of at least 4 members (excludes halogenated alkanes) is 64. The van der Waals surface area contributed by atoms with Gasteiger partial charge in [-0.15, -0.1) is 0 Å². The van der Waals surface area contributed by atoms with Crippen molar-refractivity contribution >= 4 is 23.7 Å². The summed E-state index contributed by atoms with van der Waals surface area (Å²) < 4.78 is 12.3. The number of morpholine rings is 2. The number of aliphatic hydroxyl groups is 7. The molecule has 0 amide bonds. The van der Waals surface area contributed by atoms with Gasteiger partial charge in [0.2, 0.25) is 0 Å². The second-order valence-electron chi connectivity index (χ2n) is 44.4. The predicted molar refractivity (Wildman–Crippen MR) is 595 cm³/mol. The fourth-order valence-electron chi connectivity index (χ4n) is 21.3. The largest absolute Gasteiger partial charge is 0.460 e. The minimum atomic E-state index is -0.624. The van der Waals surface area contributed by atoms with Gasteiger partial charge in [-0.05, 0) is 96.3 Å². The van der Waals surface area contributed by atoms with E-state index in [0.717, 1.165) is 161 Å². The highest BCUT2D eigenvalue weighted by atomic mass is 16.6. The average molecular weight is 1970 g/mol. The molecule has 2 saturated heterocycles. The number of guanidine groups is 1. The zero-order valence-electron chi connectivity index (χ0n) is 93.9. The molecule has 11 unspecified atom stereocenters. The Morgan fingerprint density at radius 3 is 0.691 bits per heavy atom. The third-order valence-corrected chi connectivity index (χ3v) is 30.4. The Labute approximate surface area is 862 Å². The highest BCUT2D eigenvalue weighted by Crippen LogP contribution is 2.29. The zero-order chi connectivity index (χ0) is 102. The number of esters is 2. The lowest BCUT2D eigenvalue weighted by atomic mass is 9.99. The van der Waals surface area contributed by atoms with Gasteiger partial charge in [-0.1, -0.05) is 518 Å². The maximum Gasteiger partial charge on any atom is 0.323 e. The number of β-amino-alcohol motifs (C(OH)–C–C–N with tert-alkyl or cyclic N) is 2. The van der Waals surface area contributed by atoms with Crippen LogP contribution in [0.3, 0.4) is 0 Å². The molecule has 826 valence electrons. The first-order valence-electron chi connectivity index (χ1n) is 61.9. The fourth-order valence-corrected chi connectivity index (χ4v) is 21.3. The van der Waals surface area contributed by atoms with Crippen molar-refractivity contribution < 1.29 is 54.8 Å². The van der Waals surface area contributed by atoms with Crippen LogP contribution in [-0.2, 0) is 19.1 Å². The van der Waals surface area contributed by atoms with Gasteiger partial charge in [-0.2, -0.15) is 0 Å². The van der Waals surface area contributed by atoms with Crippen molar-refractivity contribution in [2.24, 2.45) is 0 Å². The molecule has 139 heavy (non-hydrogen) atoms. The molecule has 2 fully saturated rings. The summed E-state index contributed by atoms with van der Waals surface area (Å²) in [5.41, 5.74) is 0. The van der Waals surface area contributed by atoms with Gasteiger partial charge in [0.15, 0.2) is 5.96 Å². The van der Waals surface area contributed by atoms with Gasteiger partial charge in [0.05, 0.1) is 48.6 Å². The molecule has 18 nitrogen and oxygen atoms in total. The summed E-state index contributed by atoms with van der Waals surface area (Å²) in [6.45, 7) is 24.7. The topological polar surface area (TPSA) is 258 Å². The molecule has 0 aromatic carbocycles. The van der Waals surface area contributed by atoms with Crippen LogP contribution in [0, 0.1) is 10.8 Å². The molecule has 2 aliphatic rings. The van der Waals surface area contributed by atoms with Gasteiger partial charge in [0.1, 0.15) is 24.3 Å². The van der Waals surface area contributed by atoms with E-state index in [2.05, 4.69) is 72.1 Å². The lowest BCUT2D eigenvalue weighted by molar-refractivity contribution is -0.169. The normalized spacial score (nSPS) is 16.9. The van der Waals surface area contributed by atoms with E-state index >= 15 is 0 Å². The number of carbonyl (C=O) groups is 2. The van der Waals surface area contributed by atoms with Crippen molar-refractivity contribution in [1.82, 2.24) is 24.5 Å². The van der Waals surface area contributed by atoms with Crippen LogP contribution in [0.5, 0.6) is 0 Å². The lowest BCUT2D eigenvalue weighted by Crippen LogP contribution is -2.55. The Balaban J connectivity index is 0.00000141. The molecule has 0 bridgehead atoms. The minimum Gasteiger partial charge on any atom is -0.460 e. The van der Waals surface area contributed by atoms with Crippen LogP contribution in [0.25, 0.3) is 0 Å². The van der Waals surface area contributed by atoms with Crippen molar-refractivity contribution in [1.29, 1.82) is 10.8 Å². The van der Waals surface area contributed by atoms with Gasteiger partial charge in [0, 0.05) is 71.9 Å². The molecule has 2 rings (SSSR count). The third kappa shape index (κ3) is 81.0. The van der Waals surface area contributed by atoms with E-state index in [1.807, 2.05) is 14.7 Å². The van der Waals surface area contributed by atoms with Crippen LogP contribution >= 0.6 is 0 Å². The SMILES string of the molecule is CCCCCCCCCCC(O)CN(CC(O)CCCCCCCCCC)C(=N)CCCCC1C(=O)OC(CCCCCCCCCC)CN1CC(O)CCCCCCCCCC.CCCCCCCCCCC(O)CN(CCCC1C(=O)OC(CCCCCCCCCC)CN1CC(O)CCCCCCCCCC)C(=N)N(CC(O)CCCCCCCCCC)CC(O)CCCCCCCCCC. The van der Waals surface area contributed by atoms with Crippen molar-refractivity contribution in [3.05, 3.63) is 0 Å². The summed E-state index contributed by atoms with van der Waals surface area (Å²) in [4.78, 5) is 38.0. The Kier molecular flexibility index (Phi) is 96.6. The van der Waals surface area contributed by atoms with Crippen molar-refractivity contribution in [2.75, 3.05) is 65.4 Å². The summed E-state index contributed by atoms with van der Waals surface area (Å²) in [5, 5.41) is 98.7. The smallest absolute Gasteiger partial charge is 0.323 e. The van der Waals surface area contributed by atoms with E-state index in [4.69, 9.17) is 14.9 Å². The van der Waals surface area contributed by atoms with Gasteiger partial charge in [-0.25, -0.2) is 0 Å². The third-order valence-electron chi connectivity index (χ3n) is 30.4. The quantitative estimate of drug-likeness (QED) is 0.0119. The molecule has 0 aromatic rings. The molecule has 2 aliphatic heterocycles. The first kappa shape index (κ1) is 134. The number of rotatable bonds is 104. The van der Waals surface area contributed by atoms with Crippen LogP contribution in [0.1, 0.15) is 621 Å². The fraction of sp³-hybridized carbons (Fsp3) is 0.967. The van der Waals surface area contributed by atoms with Crippen molar-refractivity contribution in [2.45, 2.75) is 688 Å². The molecular weight excluding hydrogens is 1730 g/mol. The maximum absolute atomic E-state index is 14.1. The van der Waals surface area contributed by atoms with E-state index < -0.39 is 48.8 Å². The Morgan fingerprint density at radius 1 is 0.252 bits per heavy atom. The molecule has 11 atom stereocenters. The zero-order valence-corrected chi connectivity index (χ0v) is 93.9. The highest BCUT2D eigenvalue weighted by Gasteiger charge is 2.39. The van der Waals surface area contributed by atoms with E-state index in [-0.39, 0.29) is 49.2 Å². The molecule has 2 heterocycles. The second-order valence-corrected chi connectivity index (χ2v) is 44.4. The summed E-state index contributed by atoms with van der Waals surface area (Å²) in [7, 11) is 0. The first-order valence-corrected chi connectivity index (χ1v) is 61.9. The van der Waals surface area contributed by atoms with Gasteiger partial charge in [0.25, 0.3) is 0 Å². The average Bonchev–Trinajstić information content (AvgIpc) is 0.827. The number of nitrogens with zero attached hydrogens (tertiary/aromatic N) is 5. The number of cyclic esters (lactones) is 2. The molecule has 0 saturated carbocycles. The summed E-state index contributed by atoms with van der Waals surface area (Å²) in [6.07, 6.45) is 94.6. The molecule has 0 radical (unpaired) electrons. The summed E-state index contributed by atoms with van der Waals surface area (Å²) in [6, 6.07) is -0.834. The lowest BCUT2D eigenvalue weighted by Gasteiger charge is -2.40. The molecular formula is C121H241N7O11. The molecule has 0 aromatic heterocycles. The molecule has 0 spiro atoms. The van der Waals surface area contributed by atoms with Crippen LogP contribution in [-0.4, -0.2) is 216 Å². The first-order chi connectivity index (χ1) is 67.8. The standard InChI is InChI=1S/C66H132N4O6.C55H109N3O5/c1-6-11-16-21-26-31-36-41-47-59(71)54-68(66(67)70(56-61(73)49-43-38-33-28-23-18-13-8-3)57-62(74)50-44-39-34-29-24-19-14-9-4)53-46-52-64-65(75)76-63(51-45-40-35-30-25-20-15-10-5)58-69(64)55-60(72)48-42-37-32-27-22-17-12-7-2;1-5-9-13-17-21-25-29-33-39-49(59)45-57-48-52(42-36-32-28-24-20-16-12-8-4)63-55(62)53(57)43-37-38-44-54(56)58(46-50(60)40-34-30-26-22-18-14-10-6-2)47-51(61)41-35-31-27-23-19-15-11-7-3/h59-64,67,71-74H,6-58H2,1-5H3;49-53,56,59-61H,5-48H2,1-4H3. The van der Waals surface area contributed by atoms with Crippen molar-refractivity contribution in [3.63, 3.8) is 0 Å². The van der Waals surface area contributed by atoms with E-state index in [1.54, 1.807) is 0 Å². The number of hydrogen-bond donors (Lipinski definition) is 9. The molecule has 9 N–H and O–H groups in total. The Morgan fingerprint density at radius 2 is 0.446 bits per heavy atom. The van der Waals surface area contributed by atoms with Gasteiger partial charge >= 0.3 is 11.9 Å². The monoisotopic (exact) mass is 1970 g/mol. The van der Waals surface area contributed by atoms with Crippen molar-refractivity contribution in [3.8, 4) is 0 Å². The number of carbonyl (C=O) groups excluding carboxylic acids is 2. The van der Waals surface area contributed by atoms with Gasteiger partial charge in [-0.3, -0.25) is 30.2 Å². The van der Waals surface area contributed by atoms with Crippen LogP contribution in [0.15, 0.2) is 0 Å². The van der Waals surface area contributed by atoms with Gasteiger partial charge < -0.3 is 59.9 Å². The number of nitrogens with one attached hydrogen (secondary N) is 2. The number of aliphatic hydroxyl groups excluding tert-OH is 7.